The summed E-state index contributed by atoms with van der Waals surface area (Å²) in [6, 6.07) is 73.9. The Kier molecular flexibility index (Phi) is 9.28. The van der Waals surface area contributed by atoms with E-state index in [2.05, 4.69) is 225 Å². The number of aryl methyl sites for hydroxylation is 2. The van der Waals surface area contributed by atoms with E-state index in [0.29, 0.717) is 0 Å². The molecular weight excluding hydrogens is 707 g/mol. The molecule has 55 heavy (non-hydrogen) atoms. The number of rotatable bonds is 8. The lowest BCUT2D eigenvalue weighted by molar-refractivity contribution is -0.327. The van der Waals surface area contributed by atoms with Gasteiger partial charge in [0.05, 0.1) is 18.0 Å². The summed E-state index contributed by atoms with van der Waals surface area (Å²) in [5, 5.41) is 9.22. The Bertz CT molecular complexity index is 2620. The molecule has 266 valence electrons. The quantitative estimate of drug-likeness (QED) is 0.155. The van der Waals surface area contributed by atoms with Gasteiger partial charge in [0, 0.05) is 48.9 Å². The van der Waals surface area contributed by atoms with E-state index in [1.165, 1.54) is 26.8 Å². The predicted molar refractivity (Wildman–Crippen MR) is 236 cm³/mol. The van der Waals surface area contributed by atoms with Gasteiger partial charge < -0.3 is 4.42 Å². The van der Waals surface area contributed by atoms with Crippen LogP contribution in [0.15, 0.2) is 215 Å². The van der Waals surface area contributed by atoms with Crippen LogP contribution >= 0.6 is 14.1 Å². The van der Waals surface area contributed by atoms with E-state index in [1.807, 2.05) is 0 Å². The van der Waals surface area contributed by atoms with Gasteiger partial charge in [-0.2, -0.15) is 0 Å². The molecular formula is C50H41N2OP2+. The number of hydrogen-bond acceptors (Lipinski definition) is 2. The van der Waals surface area contributed by atoms with Crippen LogP contribution in [-0.2, 0) is 0 Å². The van der Waals surface area contributed by atoms with Crippen molar-refractivity contribution in [3.63, 3.8) is 0 Å². The molecule has 1 aromatic heterocycles. The fourth-order valence-electron chi connectivity index (χ4n) is 7.83. The fraction of sp³-hybridized carbons (Fsp3) is 0.0400. The number of benzene rings is 8. The zero-order valence-electron chi connectivity index (χ0n) is 30.9. The molecule has 5 heteroatoms. The first-order valence-corrected chi connectivity index (χ1v) is 22.2. The van der Waals surface area contributed by atoms with Crippen LogP contribution in [0.1, 0.15) is 11.1 Å². The number of fused-ring (bicyclic) bond motifs is 3. The highest BCUT2D eigenvalue weighted by Gasteiger charge is 2.38. The molecule has 8 aromatic carbocycles. The molecule has 0 atom stereocenters. The van der Waals surface area contributed by atoms with Gasteiger partial charge in [-0.05, 0) is 61.9 Å². The number of hydrogen-bond donors (Lipinski definition) is 1. The molecule has 0 saturated carbocycles. The number of nitrogens with zero attached hydrogens (tertiary/aromatic N) is 1. The summed E-state index contributed by atoms with van der Waals surface area (Å²) < 4.78 is 17.6. The molecule has 1 N–H and O–H groups in total. The smallest absolute Gasteiger partial charge is 0.202 e. The molecule has 3 nitrogen and oxygen atoms in total. The Morgan fingerprint density at radius 1 is 0.400 bits per heavy atom. The van der Waals surface area contributed by atoms with Crippen molar-refractivity contribution in [3.05, 3.63) is 217 Å². The predicted octanol–water partition coefficient (Wildman–Crippen LogP) is 9.90. The van der Waals surface area contributed by atoms with Gasteiger partial charge in [0.15, 0.2) is 7.05 Å². The normalized spacial score (nSPS) is 11.8. The fourth-order valence-corrected chi connectivity index (χ4v) is 15.4. The van der Waals surface area contributed by atoms with E-state index >= 15 is 0 Å². The van der Waals surface area contributed by atoms with Crippen LogP contribution in [0.2, 0.25) is 0 Å². The van der Waals surface area contributed by atoms with Crippen LogP contribution in [-0.4, -0.2) is 0 Å². The van der Waals surface area contributed by atoms with Crippen molar-refractivity contribution in [1.82, 2.24) is 0 Å². The van der Waals surface area contributed by atoms with E-state index in [9.17, 15) is 0 Å². The van der Waals surface area contributed by atoms with E-state index in [1.54, 1.807) is 0 Å². The van der Waals surface area contributed by atoms with Crippen molar-refractivity contribution in [2.75, 3.05) is 0 Å². The highest BCUT2D eigenvalue weighted by molar-refractivity contribution is 7.88. The number of para-hydroxylation sites is 3. The maximum absolute atomic E-state index is 7.50. The third-order valence-electron chi connectivity index (χ3n) is 10.5. The van der Waals surface area contributed by atoms with Crippen molar-refractivity contribution >= 4 is 79.2 Å². The van der Waals surface area contributed by atoms with Crippen molar-refractivity contribution in [2.45, 2.75) is 13.8 Å². The molecule has 0 aliphatic heterocycles. The highest BCUT2D eigenvalue weighted by atomic mass is 31.2. The van der Waals surface area contributed by atoms with Crippen molar-refractivity contribution in [3.8, 4) is 0 Å². The van der Waals surface area contributed by atoms with Crippen LogP contribution in [0.5, 0.6) is 0 Å². The molecule has 1 heterocycles. The maximum Gasteiger partial charge on any atom is 0.202 e. The second-order valence-electron chi connectivity index (χ2n) is 13.9. The van der Waals surface area contributed by atoms with Crippen molar-refractivity contribution in [2.24, 2.45) is 4.74 Å². The van der Waals surface area contributed by atoms with E-state index in [-0.39, 0.29) is 0 Å². The summed E-state index contributed by atoms with van der Waals surface area (Å²) in [5.74, 6) is 0. The highest BCUT2D eigenvalue weighted by Crippen LogP contribution is 2.52. The average Bonchev–Trinajstić information content (AvgIpc) is 3.64. The van der Waals surface area contributed by atoms with Gasteiger partial charge in [0.25, 0.3) is 0 Å². The van der Waals surface area contributed by atoms with Crippen LogP contribution in [0, 0.1) is 13.8 Å². The number of furan rings is 1. The van der Waals surface area contributed by atoms with Gasteiger partial charge in [-0.25, -0.2) is 4.74 Å². The van der Waals surface area contributed by atoms with E-state index in [0.717, 1.165) is 49.5 Å². The summed E-state index contributed by atoms with van der Waals surface area (Å²) in [5.41, 5.74) is 6.18. The van der Waals surface area contributed by atoms with Crippen LogP contribution in [0.25, 0.3) is 21.9 Å². The topological polar surface area (TPSA) is 39.5 Å². The Balaban J connectivity index is 1.45. The second-order valence-corrected chi connectivity index (χ2v) is 19.9. The zero-order chi connectivity index (χ0) is 37.2. The van der Waals surface area contributed by atoms with Gasteiger partial charge in [-0.3, -0.25) is 4.74 Å². The van der Waals surface area contributed by atoms with E-state index < -0.39 is 14.1 Å². The molecule has 9 rings (SSSR count). The van der Waals surface area contributed by atoms with Gasteiger partial charge in [-0.15, -0.1) is 0 Å². The molecule has 0 unspecified atom stereocenters. The average molecular weight is 748 g/mol. The van der Waals surface area contributed by atoms with Crippen LogP contribution in [0.4, 0.5) is 11.4 Å². The molecule has 0 saturated heterocycles. The third-order valence-corrected chi connectivity index (χ3v) is 18.0. The Labute approximate surface area is 323 Å². The first-order valence-electron chi connectivity index (χ1n) is 18.7. The first kappa shape index (κ1) is 34.8. The largest absolute Gasteiger partial charge is 0.454 e. The summed E-state index contributed by atoms with van der Waals surface area (Å²) in [6.07, 6.45) is 0. The Hall–Kier alpha value is -5.98. The van der Waals surface area contributed by atoms with Gasteiger partial charge in [0.2, 0.25) is 5.69 Å². The molecule has 0 bridgehead atoms. The summed E-state index contributed by atoms with van der Waals surface area (Å²) in [7, 11) is -5.31. The Morgan fingerprint density at radius 3 is 1.36 bits per heavy atom. The zero-order valence-corrected chi connectivity index (χ0v) is 32.7. The summed E-state index contributed by atoms with van der Waals surface area (Å²) in [4.78, 5) is 0. The Morgan fingerprint density at radius 2 is 0.836 bits per heavy atom. The molecule has 0 spiro atoms. The van der Waals surface area contributed by atoms with Crippen LogP contribution < -0.4 is 36.6 Å². The molecule has 0 aliphatic carbocycles. The van der Waals surface area contributed by atoms with Crippen molar-refractivity contribution in [1.29, 1.82) is 0 Å². The van der Waals surface area contributed by atoms with E-state index in [4.69, 9.17) is 9.16 Å². The monoisotopic (exact) mass is 747 g/mol. The second kappa shape index (κ2) is 14.7. The minimum absolute atomic E-state index is 0.874. The lowest BCUT2D eigenvalue weighted by Gasteiger charge is -2.27. The minimum Gasteiger partial charge on any atom is -0.454 e. The summed E-state index contributed by atoms with van der Waals surface area (Å²) >= 11 is 0. The molecule has 0 amide bonds. The van der Waals surface area contributed by atoms with Gasteiger partial charge in [-0.1, -0.05) is 158 Å². The van der Waals surface area contributed by atoms with Crippen LogP contribution in [0.3, 0.4) is 0 Å². The molecule has 0 radical (unpaired) electrons. The molecule has 9 aromatic rings. The minimum atomic E-state index is -2.71. The van der Waals surface area contributed by atoms with Crippen molar-refractivity contribution < 1.29 is 9.16 Å². The SMILES string of the molecule is Cc1ccccc1N=P(c1ccccc1)(c1ccccc1)c1cccc2c1oc1c(P(=[NH+]c3ccccc3C)(c3ccccc3)c3ccccc3)cccc12. The standard InChI is InChI=1S/C50H40N2OP2/c1-37-21-15-17-33-45(37)51-54(39-23-7-3-8-24-39,40-25-9-4-10-26-40)47-35-19-31-43-44-32-20-36-48(50(44)53-49(43)47)55(41-27-11-5-12-28-41,42-29-13-6-14-30-42)52-46-34-18-16-22-38(46)2/h3-36H,1-2H3/p+1. The third kappa shape index (κ3) is 6.02. The van der Waals surface area contributed by atoms with Gasteiger partial charge in [0.1, 0.15) is 11.2 Å². The molecule has 0 aliphatic rings. The molecule has 0 fully saturated rings. The van der Waals surface area contributed by atoms with Gasteiger partial charge >= 0.3 is 0 Å². The first-order chi connectivity index (χ1) is 27.1. The summed E-state index contributed by atoms with van der Waals surface area (Å²) in [6.45, 7) is 4.32. The lowest BCUT2D eigenvalue weighted by atomic mass is 10.1. The lowest BCUT2D eigenvalue weighted by Crippen LogP contribution is -2.65. The maximum atomic E-state index is 7.50. The number of nitrogens with one attached hydrogen (secondary N) is 1.